The summed E-state index contributed by atoms with van der Waals surface area (Å²) in [6.07, 6.45) is 1.16. The first-order chi connectivity index (χ1) is 6.63. The van der Waals surface area contributed by atoms with Gasteiger partial charge in [-0.3, -0.25) is 9.69 Å². The molecule has 1 saturated heterocycles. The Morgan fingerprint density at radius 2 is 2.29 bits per heavy atom. The Morgan fingerprint density at radius 3 is 2.79 bits per heavy atom. The van der Waals surface area contributed by atoms with Crippen LogP contribution in [0.4, 0.5) is 0 Å². The van der Waals surface area contributed by atoms with Crippen LogP contribution >= 0.6 is 0 Å². The second-order valence-electron chi connectivity index (χ2n) is 4.11. The van der Waals surface area contributed by atoms with Gasteiger partial charge in [0, 0.05) is 26.2 Å². The van der Waals surface area contributed by atoms with Crippen molar-refractivity contribution in [2.45, 2.75) is 12.5 Å². The fraction of sp³-hybridized carbons (Fsp3) is 0.900. The van der Waals surface area contributed by atoms with Crippen LogP contribution in [0.2, 0.25) is 0 Å². The van der Waals surface area contributed by atoms with Crippen molar-refractivity contribution in [2.75, 3.05) is 47.4 Å². The Hall–Kier alpha value is -0.450. The maximum atomic E-state index is 11.3. The first-order valence-electron chi connectivity index (χ1n) is 5.03. The number of hydrogen-bond acceptors (Lipinski definition) is 4. The number of Topliss-reactive ketones (excluding diaryl/α,β-unsaturated/α-hetero) is 1. The zero-order valence-electron chi connectivity index (χ0n) is 9.32. The van der Waals surface area contributed by atoms with Gasteiger partial charge in [0.2, 0.25) is 0 Å². The highest BCUT2D eigenvalue weighted by Gasteiger charge is 2.24. The van der Waals surface area contributed by atoms with Crippen LogP contribution in [0.15, 0.2) is 0 Å². The summed E-state index contributed by atoms with van der Waals surface area (Å²) in [5.41, 5.74) is 0. The van der Waals surface area contributed by atoms with Crippen LogP contribution in [0.1, 0.15) is 6.42 Å². The molecule has 0 aliphatic carbocycles. The minimum atomic E-state index is 0.173. The summed E-state index contributed by atoms with van der Waals surface area (Å²) >= 11 is 0. The molecular formula is C10H20N2O2. The minimum Gasteiger partial charge on any atom is -0.377 e. The molecule has 4 heteroatoms. The van der Waals surface area contributed by atoms with Gasteiger partial charge >= 0.3 is 0 Å². The summed E-state index contributed by atoms with van der Waals surface area (Å²) in [6, 6.07) is 0.602. The quantitative estimate of drug-likeness (QED) is 0.617. The van der Waals surface area contributed by atoms with E-state index in [4.69, 9.17) is 4.74 Å². The highest BCUT2D eigenvalue weighted by atomic mass is 16.5. The fourth-order valence-electron chi connectivity index (χ4n) is 1.83. The number of hydrogen-bond donors (Lipinski definition) is 0. The highest BCUT2D eigenvalue weighted by Crippen LogP contribution is 2.12. The minimum absolute atomic E-state index is 0.173. The lowest BCUT2D eigenvalue weighted by atomic mass is 10.2. The van der Waals surface area contributed by atoms with Gasteiger partial charge in [-0.15, -0.1) is 0 Å². The smallest absolute Gasteiger partial charge is 0.172 e. The summed E-state index contributed by atoms with van der Waals surface area (Å²) in [7, 11) is 5.74. The number of rotatable bonds is 5. The van der Waals surface area contributed by atoms with Crippen LogP contribution in [-0.4, -0.2) is 69.1 Å². The Labute approximate surface area is 85.8 Å². The monoisotopic (exact) mass is 200 g/mol. The second-order valence-corrected chi connectivity index (χ2v) is 4.11. The Bertz CT molecular complexity index is 195. The van der Waals surface area contributed by atoms with E-state index in [1.807, 2.05) is 0 Å². The number of nitrogens with zero attached hydrogens (tertiary/aromatic N) is 2. The Morgan fingerprint density at radius 1 is 1.57 bits per heavy atom. The van der Waals surface area contributed by atoms with E-state index < -0.39 is 0 Å². The summed E-state index contributed by atoms with van der Waals surface area (Å²) in [4.78, 5) is 15.7. The number of likely N-dealkylation sites (N-methyl/N-ethyl adjacent to an activating group) is 1. The number of ether oxygens (including phenoxy) is 1. The molecule has 0 aromatic heterocycles. The van der Waals surface area contributed by atoms with Gasteiger partial charge in [0.1, 0.15) is 6.61 Å². The first-order valence-corrected chi connectivity index (χ1v) is 5.03. The molecule has 1 heterocycles. The molecule has 4 nitrogen and oxygen atoms in total. The lowest BCUT2D eigenvalue weighted by Gasteiger charge is -2.19. The highest BCUT2D eigenvalue weighted by molar-refractivity contribution is 5.81. The van der Waals surface area contributed by atoms with Crippen molar-refractivity contribution in [1.82, 2.24) is 9.80 Å². The van der Waals surface area contributed by atoms with Gasteiger partial charge in [-0.2, -0.15) is 0 Å². The molecule has 1 rings (SSSR count). The lowest BCUT2D eigenvalue weighted by molar-refractivity contribution is -0.123. The van der Waals surface area contributed by atoms with Crippen molar-refractivity contribution in [3.63, 3.8) is 0 Å². The van der Waals surface area contributed by atoms with Crippen LogP contribution in [0.5, 0.6) is 0 Å². The van der Waals surface area contributed by atoms with Gasteiger partial charge in [0.05, 0.1) is 6.54 Å². The largest absolute Gasteiger partial charge is 0.377 e. The van der Waals surface area contributed by atoms with Gasteiger partial charge in [0.15, 0.2) is 5.78 Å². The van der Waals surface area contributed by atoms with E-state index in [9.17, 15) is 4.79 Å². The topological polar surface area (TPSA) is 32.8 Å². The third kappa shape index (κ3) is 3.36. The molecule has 1 aliphatic heterocycles. The molecule has 1 fully saturated rings. The van der Waals surface area contributed by atoms with Gasteiger partial charge in [0.25, 0.3) is 0 Å². The van der Waals surface area contributed by atoms with E-state index in [0.717, 1.165) is 19.5 Å². The second kappa shape index (κ2) is 5.44. The zero-order chi connectivity index (χ0) is 10.6. The van der Waals surface area contributed by atoms with Crippen LogP contribution in [0, 0.1) is 0 Å². The van der Waals surface area contributed by atoms with Crippen molar-refractivity contribution < 1.29 is 9.53 Å². The number of ketones is 1. The summed E-state index contributed by atoms with van der Waals surface area (Å²) in [6.45, 7) is 2.81. The van der Waals surface area contributed by atoms with Gasteiger partial charge < -0.3 is 9.64 Å². The normalized spacial score (nSPS) is 23.3. The molecule has 0 aromatic carbocycles. The van der Waals surface area contributed by atoms with E-state index in [1.54, 1.807) is 7.11 Å². The van der Waals surface area contributed by atoms with Crippen LogP contribution in [-0.2, 0) is 9.53 Å². The maximum Gasteiger partial charge on any atom is 0.172 e. The van der Waals surface area contributed by atoms with E-state index in [0.29, 0.717) is 12.6 Å². The number of carbonyl (C=O) groups excluding carboxylic acids is 1. The first kappa shape index (κ1) is 11.6. The SMILES string of the molecule is COCC(=O)CN1CCC(N(C)C)C1. The lowest BCUT2D eigenvalue weighted by Crippen LogP contribution is -2.34. The van der Waals surface area contributed by atoms with E-state index >= 15 is 0 Å². The van der Waals surface area contributed by atoms with Crippen LogP contribution in [0.3, 0.4) is 0 Å². The summed E-state index contributed by atoms with van der Waals surface area (Å²) in [5, 5.41) is 0. The molecule has 0 aromatic rings. The Balaban J connectivity index is 2.25. The molecule has 0 N–H and O–H groups in total. The van der Waals surface area contributed by atoms with E-state index in [-0.39, 0.29) is 12.4 Å². The number of carbonyl (C=O) groups is 1. The third-order valence-corrected chi connectivity index (χ3v) is 2.68. The molecule has 0 radical (unpaired) electrons. The molecule has 1 unspecified atom stereocenters. The zero-order valence-corrected chi connectivity index (χ0v) is 9.32. The number of likely N-dealkylation sites (tertiary alicyclic amines) is 1. The molecule has 1 atom stereocenters. The average Bonchev–Trinajstić information content (AvgIpc) is 2.53. The molecule has 0 amide bonds. The van der Waals surface area contributed by atoms with E-state index in [2.05, 4.69) is 23.9 Å². The van der Waals surface area contributed by atoms with Crippen molar-refractivity contribution >= 4 is 5.78 Å². The molecular weight excluding hydrogens is 180 g/mol. The van der Waals surface area contributed by atoms with Crippen molar-refractivity contribution in [2.24, 2.45) is 0 Å². The molecule has 0 bridgehead atoms. The van der Waals surface area contributed by atoms with Gasteiger partial charge in [-0.1, -0.05) is 0 Å². The predicted molar refractivity (Wildman–Crippen MR) is 55.4 cm³/mol. The standard InChI is InChI=1S/C10H20N2O2/c1-11(2)9-4-5-12(6-9)7-10(13)8-14-3/h9H,4-8H2,1-3H3. The fourth-order valence-corrected chi connectivity index (χ4v) is 1.83. The summed E-state index contributed by atoms with van der Waals surface area (Å²) in [5.74, 6) is 0.173. The molecule has 0 saturated carbocycles. The maximum absolute atomic E-state index is 11.3. The molecule has 1 aliphatic rings. The third-order valence-electron chi connectivity index (χ3n) is 2.68. The van der Waals surface area contributed by atoms with Crippen molar-refractivity contribution in [1.29, 1.82) is 0 Å². The molecule has 14 heavy (non-hydrogen) atoms. The van der Waals surface area contributed by atoms with Crippen LogP contribution < -0.4 is 0 Å². The van der Waals surface area contributed by atoms with Gasteiger partial charge in [-0.05, 0) is 20.5 Å². The van der Waals surface area contributed by atoms with Crippen molar-refractivity contribution in [3.05, 3.63) is 0 Å². The predicted octanol–water partition coefficient (Wildman–Crippen LogP) is -0.162. The van der Waals surface area contributed by atoms with E-state index in [1.165, 1.54) is 0 Å². The van der Waals surface area contributed by atoms with Crippen molar-refractivity contribution in [3.8, 4) is 0 Å². The van der Waals surface area contributed by atoms with Crippen LogP contribution in [0.25, 0.3) is 0 Å². The Kier molecular flexibility index (Phi) is 4.51. The number of methoxy groups -OCH3 is 1. The summed E-state index contributed by atoms with van der Waals surface area (Å²) < 4.78 is 4.80. The van der Waals surface area contributed by atoms with Gasteiger partial charge in [-0.25, -0.2) is 0 Å². The average molecular weight is 200 g/mol. The molecule has 0 spiro atoms. The molecule has 82 valence electrons.